The first-order valence-electron chi connectivity index (χ1n) is 5.08. The Kier molecular flexibility index (Phi) is 3.28. The molecular formula is C11H14BrN3O. The minimum atomic E-state index is -0.483. The number of aryl methyl sites for hydroxylation is 1. The Morgan fingerprint density at radius 1 is 1.56 bits per heavy atom. The van der Waals surface area contributed by atoms with Gasteiger partial charge in [-0.2, -0.15) is 5.10 Å². The molecule has 2 N–H and O–H groups in total. The van der Waals surface area contributed by atoms with Crippen molar-refractivity contribution in [2.75, 3.05) is 13.6 Å². The smallest absolute Gasteiger partial charge is 0.135 e. The van der Waals surface area contributed by atoms with Crippen LogP contribution in [0.1, 0.15) is 11.7 Å². The molecule has 0 fully saturated rings. The van der Waals surface area contributed by atoms with Gasteiger partial charge in [-0.3, -0.25) is 4.68 Å². The van der Waals surface area contributed by atoms with Crippen molar-refractivity contribution in [2.24, 2.45) is 7.05 Å². The van der Waals surface area contributed by atoms with Crippen LogP contribution in [0, 0.1) is 0 Å². The van der Waals surface area contributed by atoms with Crippen molar-refractivity contribution in [2.45, 2.75) is 6.10 Å². The highest BCUT2D eigenvalue weighted by molar-refractivity contribution is 9.10. The SMILES string of the molecule is CNCC(O)c1ccc2c(Br)nn(C)c2c1. The van der Waals surface area contributed by atoms with Crippen LogP contribution in [0.25, 0.3) is 10.9 Å². The molecule has 2 aromatic rings. The van der Waals surface area contributed by atoms with E-state index in [1.54, 1.807) is 4.68 Å². The third-order valence-electron chi connectivity index (χ3n) is 2.61. The van der Waals surface area contributed by atoms with Crippen LogP contribution in [0.5, 0.6) is 0 Å². The third kappa shape index (κ3) is 1.98. The average Bonchev–Trinajstić information content (AvgIpc) is 2.55. The lowest BCUT2D eigenvalue weighted by molar-refractivity contribution is 0.178. The van der Waals surface area contributed by atoms with E-state index < -0.39 is 6.10 Å². The number of fused-ring (bicyclic) bond motifs is 1. The molecule has 1 atom stereocenters. The maximum Gasteiger partial charge on any atom is 0.135 e. The number of aromatic nitrogens is 2. The number of hydrogen-bond donors (Lipinski definition) is 2. The average molecular weight is 284 g/mol. The van der Waals surface area contributed by atoms with Gasteiger partial charge in [0.15, 0.2) is 0 Å². The summed E-state index contributed by atoms with van der Waals surface area (Å²) in [6, 6.07) is 5.87. The van der Waals surface area contributed by atoms with Gasteiger partial charge in [0.2, 0.25) is 0 Å². The van der Waals surface area contributed by atoms with Gasteiger partial charge in [-0.1, -0.05) is 6.07 Å². The fourth-order valence-corrected chi connectivity index (χ4v) is 2.32. The minimum absolute atomic E-state index is 0.483. The zero-order chi connectivity index (χ0) is 11.7. The van der Waals surface area contributed by atoms with E-state index in [1.807, 2.05) is 32.3 Å². The molecule has 16 heavy (non-hydrogen) atoms. The molecule has 4 nitrogen and oxygen atoms in total. The molecule has 0 bridgehead atoms. The summed E-state index contributed by atoms with van der Waals surface area (Å²) in [5.41, 5.74) is 1.91. The molecule has 0 aliphatic rings. The fraction of sp³-hybridized carbons (Fsp3) is 0.364. The number of halogens is 1. The van der Waals surface area contributed by atoms with Gasteiger partial charge < -0.3 is 10.4 Å². The normalized spacial score (nSPS) is 13.2. The van der Waals surface area contributed by atoms with E-state index in [9.17, 15) is 5.11 Å². The van der Waals surface area contributed by atoms with Crippen LogP contribution in [0.4, 0.5) is 0 Å². The highest BCUT2D eigenvalue weighted by Crippen LogP contribution is 2.25. The van der Waals surface area contributed by atoms with Crippen molar-refractivity contribution in [3.05, 3.63) is 28.4 Å². The molecule has 5 heteroatoms. The molecule has 0 aliphatic carbocycles. The van der Waals surface area contributed by atoms with Crippen LogP contribution in [0.2, 0.25) is 0 Å². The van der Waals surface area contributed by atoms with E-state index in [1.165, 1.54) is 0 Å². The summed E-state index contributed by atoms with van der Waals surface area (Å²) in [7, 11) is 3.71. The first-order chi connectivity index (χ1) is 7.63. The van der Waals surface area contributed by atoms with E-state index >= 15 is 0 Å². The van der Waals surface area contributed by atoms with Gasteiger partial charge in [-0.25, -0.2) is 0 Å². The topological polar surface area (TPSA) is 50.1 Å². The lowest BCUT2D eigenvalue weighted by Crippen LogP contribution is -2.16. The Hall–Kier alpha value is -0.910. The Bertz CT molecular complexity index is 509. The molecule has 0 aliphatic heterocycles. The summed E-state index contributed by atoms with van der Waals surface area (Å²) in [5, 5.41) is 18.2. The number of nitrogens with zero attached hydrogens (tertiary/aromatic N) is 2. The molecule has 0 amide bonds. The van der Waals surface area contributed by atoms with Gasteiger partial charge in [-0.05, 0) is 40.7 Å². The Morgan fingerprint density at radius 2 is 2.31 bits per heavy atom. The number of likely N-dealkylation sites (N-methyl/N-ethyl adjacent to an activating group) is 1. The molecule has 1 heterocycles. The molecule has 2 rings (SSSR count). The molecule has 86 valence electrons. The molecule has 0 saturated carbocycles. The van der Waals surface area contributed by atoms with Gasteiger partial charge in [0, 0.05) is 19.0 Å². The molecule has 1 aromatic heterocycles. The minimum Gasteiger partial charge on any atom is -0.387 e. The van der Waals surface area contributed by atoms with E-state index in [2.05, 4.69) is 26.3 Å². The van der Waals surface area contributed by atoms with Gasteiger partial charge in [0.25, 0.3) is 0 Å². The number of hydrogen-bond acceptors (Lipinski definition) is 3. The monoisotopic (exact) mass is 283 g/mol. The van der Waals surface area contributed by atoms with Crippen molar-refractivity contribution in [1.82, 2.24) is 15.1 Å². The fourth-order valence-electron chi connectivity index (χ4n) is 1.75. The highest BCUT2D eigenvalue weighted by atomic mass is 79.9. The lowest BCUT2D eigenvalue weighted by atomic mass is 10.1. The van der Waals surface area contributed by atoms with Gasteiger partial charge in [0.05, 0.1) is 11.6 Å². The van der Waals surface area contributed by atoms with Crippen molar-refractivity contribution >= 4 is 26.8 Å². The molecule has 0 spiro atoms. The van der Waals surface area contributed by atoms with Crippen LogP contribution < -0.4 is 5.32 Å². The lowest BCUT2D eigenvalue weighted by Gasteiger charge is -2.10. The van der Waals surface area contributed by atoms with Crippen molar-refractivity contribution < 1.29 is 5.11 Å². The Morgan fingerprint density at radius 3 is 3.00 bits per heavy atom. The number of benzene rings is 1. The zero-order valence-corrected chi connectivity index (χ0v) is 10.8. The largest absolute Gasteiger partial charge is 0.387 e. The summed E-state index contributed by atoms with van der Waals surface area (Å²) in [6.45, 7) is 0.546. The van der Waals surface area contributed by atoms with Crippen molar-refractivity contribution in [1.29, 1.82) is 0 Å². The summed E-state index contributed by atoms with van der Waals surface area (Å²) in [6.07, 6.45) is -0.483. The number of aliphatic hydroxyl groups is 1. The third-order valence-corrected chi connectivity index (χ3v) is 3.20. The first-order valence-corrected chi connectivity index (χ1v) is 5.87. The summed E-state index contributed by atoms with van der Waals surface area (Å²) < 4.78 is 2.63. The Labute approximate surface area is 102 Å². The molecule has 0 saturated heterocycles. The van der Waals surface area contributed by atoms with Crippen molar-refractivity contribution in [3.8, 4) is 0 Å². The number of aliphatic hydroxyl groups excluding tert-OH is 1. The number of rotatable bonds is 3. The van der Waals surface area contributed by atoms with Crippen LogP contribution in [0.15, 0.2) is 22.8 Å². The van der Waals surface area contributed by atoms with E-state index in [-0.39, 0.29) is 0 Å². The standard InChI is InChI=1S/C11H14BrN3O/c1-13-6-10(16)7-3-4-8-9(5-7)15(2)14-11(8)12/h3-5,10,13,16H,6H2,1-2H3. The zero-order valence-electron chi connectivity index (χ0n) is 9.24. The van der Waals surface area contributed by atoms with Gasteiger partial charge in [-0.15, -0.1) is 0 Å². The first kappa shape index (κ1) is 11.6. The summed E-state index contributed by atoms with van der Waals surface area (Å²) in [5.74, 6) is 0. The second-order valence-electron chi connectivity index (χ2n) is 3.76. The predicted molar refractivity (Wildman–Crippen MR) is 67.3 cm³/mol. The summed E-state index contributed by atoms with van der Waals surface area (Å²) in [4.78, 5) is 0. The predicted octanol–water partition coefficient (Wildman–Crippen LogP) is 1.59. The molecule has 1 aromatic carbocycles. The van der Waals surface area contributed by atoms with Crippen LogP contribution in [-0.4, -0.2) is 28.5 Å². The van der Waals surface area contributed by atoms with E-state index in [0.717, 1.165) is 21.1 Å². The van der Waals surface area contributed by atoms with Crippen LogP contribution in [-0.2, 0) is 7.05 Å². The molecule has 0 radical (unpaired) electrons. The second kappa shape index (κ2) is 4.53. The van der Waals surface area contributed by atoms with Gasteiger partial charge in [0.1, 0.15) is 4.60 Å². The highest BCUT2D eigenvalue weighted by Gasteiger charge is 2.10. The number of nitrogens with one attached hydrogen (secondary N) is 1. The van der Waals surface area contributed by atoms with Crippen molar-refractivity contribution in [3.63, 3.8) is 0 Å². The van der Waals surface area contributed by atoms with Gasteiger partial charge >= 0.3 is 0 Å². The van der Waals surface area contributed by atoms with Crippen LogP contribution in [0.3, 0.4) is 0 Å². The quantitative estimate of drug-likeness (QED) is 0.900. The maximum atomic E-state index is 9.87. The maximum absolute atomic E-state index is 9.87. The molecular weight excluding hydrogens is 270 g/mol. The molecule has 1 unspecified atom stereocenters. The van der Waals surface area contributed by atoms with E-state index in [0.29, 0.717) is 6.54 Å². The Balaban J connectivity index is 2.47. The summed E-state index contributed by atoms with van der Waals surface area (Å²) >= 11 is 3.40. The van der Waals surface area contributed by atoms with E-state index in [4.69, 9.17) is 0 Å². The van der Waals surface area contributed by atoms with Crippen LogP contribution >= 0.6 is 15.9 Å². The second-order valence-corrected chi connectivity index (χ2v) is 4.52.